The van der Waals surface area contributed by atoms with Crippen LogP contribution in [0, 0.1) is 11.8 Å². The zero-order valence-electron chi connectivity index (χ0n) is 7.86. The van der Waals surface area contributed by atoms with Crippen LogP contribution in [0.25, 0.3) is 0 Å². The maximum absolute atomic E-state index is 13.0. The van der Waals surface area contributed by atoms with E-state index in [1.54, 1.807) is 0 Å². The Labute approximate surface area is 85.6 Å². The lowest BCUT2D eigenvalue weighted by molar-refractivity contribution is -0.151. The molecule has 1 nitrogen and oxygen atoms in total. The molecule has 1 rings (SSSR count). The van der Waals surface area contributed by atoms with Crippen molar-refractivity contribution in [1.29, 1.82) is 0 Å². The zero-order valence-corrected chi connectivity index (χ0v) is 9.44. The molecule has 1 aliphatic rings. The summed E-state index contributed by atoms with van der Waals surface area (Å²) in [5.74, 6) is 0.328. The Morgan fingerprint density at radius 1 is 1.31 bits per heavy atom. The molecule has 0 heterocycles. The van der Waals surface area contributed by atoms with Crippen LogP contribution in [0.5, 0.6) is 0 Å². The molecule has 0 aromatic heterocycles. The van der Waals surface area contributed by atoms with Crippen LogP contribution >= 0.6 is 15.9 Å². The predicted octanol–water partition coefficient (Wildman–Crippen LogP) is 3.16. The normalized spacial score (nSPS) is 42.0. The number of alkyl halides is 3. The van der Waals surface area contributed by atoms with Gasteiger partial charge in [0.2, 0.25) is 0 Å². The van der Waals surface area contributed by atoms with Crippen molar-refractivity contribution < 1.29 is 13.9 Å². The summed E-state index contributed by atoms with van der Waals surface area (Å²) in [6.45, 7) is 3.80. The molecular weight excluding hydrogens is 242 g/mol. The quantitative estimate of drug-likeness (QED) is 0.715. The third-order valence-electron chi connectivity index (χ3n) is 2.70. The molecule has 0 amide bonds. The summed E-state index contributed by atoms with van der Waals surface area (Å²) in [5, 5.41) is 9.75. The van der Waals surface area contributed by atoms with Crippen molar-refractivity contribution in [3.05, 3.63) is 0 Å². The molecule has 1 saturated carbocycles. The molecule has 4 heteroatoms. The van der Waals surface area contributed by atoms with Crippen molar-refractivity contribution in [3.63, 3.8) is 0 Å². The van der Waals surface area contributed by atoms with E-state index in [0.29, 0.717) is 0 Å². The highest BCUT2D eigenvalue weighted by Gasteiger charge is 2.53. The molecule has 1 aliphatic carbocycles. The lowest BCUT2D eigenvalue weighted by atomic mass is 9.74. The van der Waals surface area contributed by atoms with Crippen molar-refractivity contribution in [1.82, 2.24) is 0 Å². The maximum atomic E-state index is 13.0. The molecule has 2 unspecified atom stereocenters. The van der Waals surface area contributed by atoms with E-state index in [1.165, 1.54) is 0 Å². The minimum absolute atomic E-state index is 0.164. The van der Waals surface area contributed by atoms with E-state index in [-0.39, 0.29) is 24.7 Å². The molecule has 0 aliphatic heterocycles. The monoisotopic (exact) mass is 256 g/mol. The minimum atomic E-state index is -3.16. The van der Waals surface area contributed by atoms with E-state index in [4.69, 9.17) is 0 Å². The number of aliphatic hydroxyl groups is 1. The Kier molecular flexibility index (Phi) is 3.03. The first kappa shape index (κ1) is 11.4. The Hall–Kier alpha value is 0.300. The van der Waals surface area contributed by atoms with Gasteiger partial charge in [-0.1, -0.05) is 13.8 Å². The van der Waals surface area contributed by atoms with Gasteiger partial charge in [0.15, 0.2) is 0 Å². The summed E-state index contributed by atoms with van der Waals surface area (Å²) in [6, 6.07) is 0. The van der Waals surface area contributed by atoms with Crippen LogP contribution in [0.15, 0.2) is 0 Å². The second-order valence-corrected chi connectivity index (χ2v) is 5.38. The van der Waals surface area contributed by atoms with Gasteiger partial charge in [0, 0.05) is 0 Å². The van der Waals surface area contributed by atoms with Gasteiger partial charge in [0.25, 0.3) is 0 Å². The summed E-state index contributed by atoms with van der Waals surface area (Å²) >= 11 is 2.27. The van der Waals surface area contributed by atoms with Crippen molar-refractivity contribution >= 4 is 15.9 Å². The topological polar surface area (TPSA) is 20.2 Å². The molecule has 0 aromatic carbocycles. The van der Waals surface area contributed by atoms with Crippen LogP contribution in [-0.2, 0) is 0 Å². The predicted molar refractivity (Wildman–Crippen MR) is 51.0 cm³/mol. The molecule has 0 spiro atoms. The van der Waals surface area contributed by atoms with Crippen molar-refractivity contribution in [2.24, 2.45) is 11.8 Å². The Bertz CT molecular complexity index is 181. The van der Waals surface area contributed by atoms with Crippen molar-refractivity contribution in [2.75, 3.05) is 0 Å². The van der Waals surface area contributed by atoms with Crippen LogP contribution in [0.1, 0.15) is 33.1 Å². The first-order chi connectivity index (χ1) is 5.74. The van der Waals surface area contributed by atoms with E-state index in [2.05, 4.69) is 15.9 Å². The second kappa shape index (κ2) is 3.46. The number of hydrogen-bond acceptors (Lipinski definition) is 1. The molecule has 78 valence electrons. The van der Waals surface area contributed by atoms with E-state index in [9.17, 15) is 13.9 Å². The number of halogens is 3. The average molecular weight is 257 g/mol. The summed E-state index contributed by atoms with van der Waals surface area (Å²) < 4.78 is 26.0. The molecule has 0 bridgehead atoms. The van der Waals surface area contributed by atoms with Crippen molar-refractivity contribution in [3.8, 4) is 0 Å². The first-order valence-electron chi connectivity index (χ1n) is 4.54. The first-order valence-corrected chi connectivity index (χ1v) is 5.33. The van der Waals surface area contributed by atoms with E-state index >= 15 is 0 Å². The van der Waals surface area contributed by atoms with Crippen LogP contribution < -0.4 is 0 Å². The lowest BCUT2D eigenvalue weighted by Crippen LogP contribution is -2.49. The summed E-state index contributed by atoms with van der Waals surface area (Å²) in [7, 11) is 0. The summed E-state index contributed by atoms with van der Waals surface area (Å²) in [4.78, 5) is -3.16. The average Bonchev–Trinajstić information content (AvgIpc) is 1.79. The minimum Gasteiger partial charge on any atom is -0.383 e. The Balaban J connectivity index is 2.78. The SMILES string of the molecule is CC1CC(C)CC(O)(C(F)(F)Br)C1. The smallest absolute Gasteiger partial charge is 0.329 e. The van der Waals surface area contributed by atoms with Gasteiger partial charge in [0.05, 0.1) is 0 Å². The fourth-order valence-corrected chi connectivity index (χ4v) is 2.65. The highest BCUT2D eigenvalue weighted by Crippen LogP contribution is 2.47. The van der Waals surface area contributed by atoms with Gasteiger partial charge in [-0.25, -0.2) is 0 Å². The standard InChI is InChI=1S/C9H15BrF2O/c1-6-3-7(2)5-8(13,4-6)9(10,11)12/h6-7,13H,3-5H2,1-2H3. The molecule has 1 fully saturated rings. The van der Waals surface area contributed by atoms with Gasteiger partial charge in [-0.15, -0.1) is 0 Å². The molecule has 0 saturated heterocycles. The van der Waals surface area contributed by atoms with Gasteiger partial charge in [-0.3, -0.25) is 0 Å². The van der Waals surface area contributed by atoms with E-state index in [1.807, 2.05) is 13.8 Å². The van der Waals surface area contributed by atoms with Gasteiger partial charge < -0.3 is 5.11 Å². The molecule has 13 heavy (non-hydrogen) atoms. The van der Waals surface area contributed by atoms with Crippen LogP contribution in [0.2, 0.25) is 0 Å². The molecule has 1 N–H and O–H groups in total. The Morgan fingerprint density at radius 3 is 2.00 bits per heavy atom. The second-order valence-electron chi connectivity index (χ2n) is 4.38. The van der Waals surface area contributed by atoms with Crippen LogP contribution in [-0.4, -0.2) is 15.5 Å². The molecule has 0 radical (unpaired) electrons. The lowest BCUT2D eigenvalue weighted by Gasteiger charge is -2.41. The van der Waals surface area contributed by atoms with Gasteiger partial charge >= 0.3 is 4.83 Å². The zero-order chi connectivity index (χ0) is 10.3. The summed E-state index contributed by atoms with van der Waals surface area (Å²) in [6.07, 6.45) is 1.27. The van der Waals surface area contributed by atoms with Crippen LogP contribution in [0.4, 0.5) is 8.78 Å². The summed E-state index contributed by atoms with van der Waals surface area (Å²) in [5.41, 5.74) is -1.86. The molecule has 0 aromatic rings. The van der Waals surface area contributed by atoms with Crippen LogP contribution in [0.3, 0.4) is 0 Å². The maximum Gasteiger partial charge on any atom is 0.329 e. The van der Waals surface area contributed by atoms with E-state index < -0.39 is 10.4 Å². The van der Waals surface area contributed by atoms with Gasteiger partial charge in [0.1, 0.15) is 5.60 Å². The third kappa shape index (κ3) is 2.40. The number of hydrogen-bond donors (Lipinski definition) is 1. The number of rotatable bonds is 1. The Morgan fingerprint density at radius 2 is 1.69 bits per heavy atom. The third-order valence-corrected chi connectivity index (χ3v) is 3.44. The van der Waals surface area contributed by atoms with Gasteiger partial charge in [-0.05, 0) is 47.0 Å². The van der Waals surface area contributed by atoms with Gasteiger partial charge in [-0.2, -0.15) is 8.78 Å². The molecular formula is C9H15BrF2O. The fourth-order valence-electron chi connectivity index (χ4n) is 2.32. The largest absolute Gasteiger partial charge is 0.383 e. The van der Waals surface area contributed by atoms with E-state index in [0.717, 1.165) is 6.42 Å². The fraction of sp³-hybridized carbons (Fsp3) is 1.00. The highest BCUT2D eigenvalue weighted by molar-refractivity contribution is 9.10. The molecule has 2 atom stereocenters. The highest BCUT2D eigenvalue weighted by atomic mass is 79.9. The van der Waals surface area contributed by atoms with Crippen molar-refractivity contribution in [2.45, 2.75) is 43.5 Å².